The standard InChI is InChI=1S/C17H25N7O2/c1-13-20-17(26-21-13)10-22-5-7-23(8-6-22)15-9-16(19-12-18-15)24-4-2-3-14(24)11-25/h9,12,14,25H,2-8,10-11H2,1H3/t14-/m0/s1. The molecule has 2 aliphatic heterocycles. The first-order valence-corrected chi connectivity index (χ1v) is 9.19. The minimum absolute atomic E-state index is 0.174. The van der Waals surface area contributed by atoms with E-state index in [1.807, 2.05) is 13.0 Å². The number of aliphatic hydroxyl groups is 1. The molecule has 26 heavy (non-hydrogen) atoms. The molecule has 0 radical (unpaired) electrons. The first kappa shape index (κ1) is 17.2. The Morgan fingerprint density at radius 1 is 1.15 bits per heavy atom. The summed E-state index contributed by atoms with van der Waals surface area (Å²) in [6, 6.07) is 2.22. The molecule has 2 fully saturated rings. The molecule has 4 rings (SSSR count). The van der Waals surface area contributed by atoms with Crippen molar-refractivity contribution in [2.45, 2.75) is 32.4 Å². The average molecular weight is 359 g/mol. The maximum absolute atomic E-state index is 9.55. The third kappa shape index (κ3) is 3.63. The first-order chi connectivity index (χ1) is 12.7. The zero-order valence-corrected chi connectivity index (χ0v) is 15.1. The van der Waals surface area contributed by atoms with E-state index >= 15 is 0 Å². The van der Waals surface area contributed by atoms with Gasteiger partial charge in [0.25, 0.3) is 0 Å². The lowest BCUT2D eigenvalue weighted by Gasteiger charge is -2.35. The number of hydrogen-bond donors (Lipinski definition) is 1. The van der Waals surface area contributed by atoms with Crippen LogP contribution in [0.2, 0.25) is 0 Å². The van der Waals surface area contributed by atoms with E-state index in [1.165, 1.54) is 0 Å². The molecule has 0 amide bonds. The number of anilines is 2. The molecule has 2 aromatic rings. The molecule has 0 spiro atoms. The topological polar surface area (TPSA) is 94.7 Å². The number of hydrogen-bond acceptors (Lipinski definition) is 9. The first-order valence-electron chi connectivity index (χ1n) is 9.19. The molecular weight excluding hydrogens is 334 g/mol. The summed E-state index contributed by atoms with van der Waals surface area (Å²) < 4.78 is 5.21. The van der Waals surface area contributed by atoms with Gasteiger partial charge in [0, 0.05) is 38.8 Å². The molecule has 2 aliphatic rings. The van der Waals surface area contributed by atoms with Crippen LogP contribution < -0.4 is 9.80 Å². The number of aliphatic hydroxyl groups excluding tert-OH is 1. The normalized spacial score (nSPS) is 21.5. The van der Waals surface area contributed by atoms with Gasteiger partial charge in [-0.25, -0.2) is 9.97 Å². The van der Waals surface area contributed by atoms with E-state index in [1.54, 1.807) is 6.33 Å². The SMILES string of the molecule is Cc1noc(CN2CCN(c3cc(N4CCC[C@H]4CO)ncn3)CC2)n1. The van der Waals surface area contributed by atoms with Crippen molar-refractivity contribution in [2.75, 3.05) is 49.1 Å². The minimum atomic E-state index is 0.174. The smallest absolute Gasteiger partial charge is 0.240 e. The second kappa shape index (κ2) is 7.55. The van der Waals surface area contributed by atoms with Gasteiger partial charge in [0.2, 0.25) is 5.89 Å². The summed E-state index contributed by atoms with van der Waals surface area (Å²) in [6.45, 7) is 7.27. The number of aryl methyl sites for hydroxylation is 1. The lowest BCUT2D eigenvalue weighted by atomic mass is 10.2. The predicted octanol–water partition coefficient (Wildman–Crippen LogP) is 0.451. The number of piperazine rings is 1. The minimum Gasteiger partial charge on any atom is -0.394 e. The average Bonchev–Trinajstić information content (AvgIpc) is 3.31. The molecule has 2 saturated heterocycles. The Morgan fingerprint density at radius 3 is 2.69 bits per heavy atom. The van der Waals surface area contributed by atoms with Gasteiger partial charge in [-0.1, -0.05) is 5.16 Å². The maximum Gasteiger partial charge on any atom is 0.240 e. The highest BCUT2D eigenvalue weighted by Gasteiger charge is 2.26. The second-order valence-corrected chi connectivity index (χ2v) is 6.90. The van der Waals surface area contributed by atoms with Gasteiger partial charge in [-0.15, -0.1) is 0 Å². The molecule has 1 N–H and O–H groups in total. The van der Waals surface area contributed by atoms with Crippen LogP contribution in [0.25, 0.3) is 0 Å². The van der Waals surface area contributed by atoms with Crippen molar-refractivity contribution in [1.29, 1.82) is 0 Å². The van der Waals surface area contributed by atoms with E-state index < -0.39 is 0 Å². The van der Waals surface area contributed by atoms with Crippen LogP contribution in [0, 0.1) is 6.92 Å². The number of rotatable bonds is 5. The highest BCUT2D eigenvalue weighted by molar-refractivity contribution is 5.51. The molecular formula is C17H25N7O2. The van der Waals surface area contributed by atoms with Crippen molar-refractivity contribution in [2.24, 2.45) is 0 Å². The van der Waals surface area contributed by atoms with Crippen LogP contribution in [-0.2, 0) is 6.54 Å². The fourth-order valence-electron chi connectivity index (χ4n) is 3.72. The maximum atomic E-state index is 9.55. The van der Waals surface area contributed by atoms with Crippen LogP contribution in [0.1, 0.15) is 24.6 Å². The van der Waals surface area contributed by atoms with Crippen LogP contribution in [-0.4, -0.2) is 75.5 Å². The van der Waals surface area contributed by atoms with Gasteiger partial charge >= 0.3 is 0 Å². The zero-order valence-electron chi connectivity index (χ0n) is 15.1. The van der Waals surface area contributed by atoms with Gasteiger partial charge in [-0.2, -0.15) is 4.98 Å². The van der Waals surface area contributed by atoms with Gasteiger partial charge in [0.15, 0.2) is 5.82 Å². The fraction of sp³-hybridized carbons (Fsp3) is 0.647. The second-order valence-electron chi connectivity index (χ2n) is 6.90. The van der Waals surface area contributed by atoms with E-state index in [4.69, 9.17) is 4.52 Å². The molecule has 2 aromatic heterocycles. The van der Waals surface area contributed by atoms with E-state index in [0.717, 1.165) is 57.2 Å². The Kier molecular flexibility index (Phi) is 4.98. The third-order valence-electron chi connectivity index (χ3n) is 5.15. The number of nitrogens with zero attached hydrogens (tertiary/aromatic N) is 7. The van der Waals surface area contributed by atoms with E-state index in [2.05, 4.69) is 34.8 Å². The van der Waals surface area contributed by atoms with Crippen LogP contribution in [0.4, 0.5) is 11.6 Å². The monoisotopic (exact) mass is 359 g/mol. The van der Waals surface area contributed by atoms with Crippen molar-refractivity contribution in [3.8, 4) is 0 Å². The van der Waals surface area contributed by atoms with Gasteiger partial charge in [-0.05, 0) is 19.8 Å². The summed E-state index contributed by atoms with van der Waals surface area (Å²) in [4.78, 5) is 20.0. The fourth-order valence-corrected chi connectivity index (χ4v) is 3.72. The summed E-state index contributed by atoms with van der Waals surface area (Å²) in [5, 5.41) is 13.4. The Hall–Kier alpha value is -2.26. The van der Waals surface area contributed by atoms with Crippen LogP contribution in [0.5, 0.6) is 0 Å². The Bertz CT molecular complexity index is 729. The third-order valence-corrected chi connectivity index (χ3v) is 5.15. The van der Waals surface area contributed by atoms with Crippen LogP contribution in [0.15, 0.2) is 16.9 Å². The van der Waals surface area contributed by atoms with Crippen LogP contribution in [0.3, 0.4) is 0 Å². The van der Waals surface area contributed by atoms with Gasteiger partial charge in [0.05, 0.1) is 19.2 Å². The molecule has 9 heteroatoms. The molecule has 1 atom stereocenters. The largest absolute Gasteiger partial charge is 0.394 e. The van der Waals surface area contributed by atoms with Gasteiger partial charge in [-0.3, -0.25) is 4.90 Å². The van der Waals surface area contributed by atoms with Gasteiger partial charge < -0.3 is 19.4 Å². The van der Waals surface area contributed by atoms with Gasteiger partial charge in [0.1, 0.15) is 18.0 Å². The lowest BCUT2D eigenvalue weighted by Crippen LogP contribution is -2.46. The summed E-state index contributed by atoms with van der Waals surface area (Å²) in [7, 11) is 0. The van der Waals surface area contributed by atoms with Crippen molar-refractivity contribution in [3.05, 3.63) is 24.1 Å². The molecule has 0 unspecified atom stereocenters. The Morgan fingerprint density at radius 2 is 1.96 bits per heavy atom. The molecule has 9 nitrogen and oxygen atoms in total. The predicted molar refractivity (Wildman–Crippen MR) is 96.0 cm³/mol. The molecule has 4 heterocycles. The summed E-state index contributed by atoms with van der Waals surface area (Å²) in [5.41, 5.74) is 0. The molecule has 0 aromatic carbocycles. The van der Waals surface area contributed by atoms with Crippen molar-refractivity contribution in [1.82, 2.24) is 25.0 Å². The van der Waals surface area contributed by atoms with Crippen molar-refractivity contribution in [3.63, 3.8) is 0 Å². The highest BCUT2D eigenvalue weighted by atomic mass is 16.5. The van der Waals surface area contributed by atoms with Crippen molar-refractivity contribution >= 4 is 11.6 Å². The molecule has 0 bridgehead atoms. The Balaban J connectivity index is 1.37. The van der Waals surface area contributed by atoms with E-state index in [0.29, 0.717) is 18.3 Å². The quantitative estimate of drug-likeness (QED) is 0.816. The Labute approximate surface area is 152 Å². The summed E-state index contributed by atoms with van der Waals surface area (Å²) in [5.74, 6) is 3.21. The lowest BCUT2D eigenvalue weighted by molar-refractivity contribution is 0.215. The number of aromatic nitrogens is 4. The molecule has 0 aliphatic carbocycles. The zero-order chi connectivity index (χ0) is 17.9. The highest BCUT2D eigenvalue weighted by Crippen LogP contribution is 2.26. The summed E-state index contributed by atoms with van der Waals surface area (Å²) in [6.07, 6.45) is 3.74. The molecule has 140 valence electrons. The van der Waals surface area contributed by atoms with E-state index in [9.17, 15) is 5.11 Å². The molecule has 0 saturated carbocycles. The van der Waals surface area contributed by atoms with E-state index in [-0.39, 0.29) is 12.6 Å². The summed E-state index contributed by atoms with van der Waals surface area (Å²) >= 11 is 0. The van der Waals surface area contributed by atoms with Crippen LogP contribution >= 0.6 is 0 Å². The van der Waals surface area contributed by atoms with Crippen molar-refractivity contribution < 1.29 is 9.63 Å².